The molecule has 4 nitrogen and oxygen atoms in total. The minimum absolute atomic E-state index is 0.0366. The molecule has 0 aliphatic carbocycles. The predicted molar refractivity (Wildman–Crippen MR) is 76.7 cm³/mol. The summed E-state index contributed by atoms with van der Waals surface area (Å²) in [5.41, 5.74) is 7.42. The molecule has 1 aromatic heterocycles. The van der Waals surface area contributed by atoms with Crippen LogP contribution in [0.4, 0.5) is 0 Å². The highest BCUT2D eigenvalue weighted by Crippen LogP contribution is 2.29. The van der Waals surface area contributed by atoms with E-state index in [2.05, 4.69) is 9.88 Å². The van der Waals surface area contributed by atoms with E-state index >= 15 is 0 Å². The van der Waals surface area contributed by atoms with Crippen LogP contribution in [-0.4, -0.2) is 40.2 Å². The molecule has 3 N–H and O–H groups in total. The van der Waals surface area contributed by atoms with E-state index < -0.39 is 0 Å². The molecule has 2 rings (SSSR count). The lowest BCUT2D eigenvalue weighted by Gasteiger charge is -2.38. The van der Waals surface area contributed by atoms with Crippen molar-refractivity contribution in [3.8, 4) is 0 Å². The number of aliphatic hydroxyl groups excluding tert-OH is 1. The largest absolute Gasteiger partial charge is 0.395 e. The summed E-state index contributed by atoms with van der Waals surface area (Å²) in [7, 11) is 0. The van der Waals surface area contributed by atoms with E-state index in [4.69, 9.17) is 5.73 Å². The number of rotatable bonds is 4. The van der Waals surface area contributed by atoms with Crippen molar-refractivity contribution < 1.29 is 5.11 Å². The van der Waals surface area contributed by atoms with Gasteiger partial charge in [0.2, 0.25) is 0 Å². The Hall–Kier alpha value is -0.970. The summed E-state index contributed by atoms with van der Waals surface area (Å²) >= 11 is 0. The van der Waals surface area contributed by atoms with Gasteiger partial charge in [0.05, 0.1) is 12.6 Å². The quantitative estimate of drug-likeness (QED) is 0.868. The number of nitrogens with zero attached hydrogens (tertiary/aromatic N) is 2. The molecule has 0 saturated carbocycles. The normalized spacial score (nSPS) is 24.7. The predicted octanol–water partition coefficient (Wildman–Crippen LogP) is 1.71. The van der Waals surface area contributed by atoms with Gasteiger partial charge in [0, 0.05) is 24.5 Å². The van der Waals surface area contributed by atoms with Gasteiger partial charge in [-0.2, -0.15) is 0 Å². The number of nitrogens with two attached hydrogens (primary N) is 1. The van der Waals surface area contributed by atoms with Crippen molar-refractivity contribution in [1.82, 2.24) is 9.88 Å². The molecular formula is C15H25N3O. The Balaban J connectivity index is 2.26. The molecule has 0 aromatic carbocycles. The van der Waals surface area contributed by atoms with E-state index in [0.29, 0.717) is 0 Å². The highest BCUT2D eigenvalue weighted by Gasteiger charge is 2.30. The number of aliphatic hydroxyl groups is 1. The van der Waals surface area contributed by atoms with Gasteiger partial charge in [-0.25, -0.2) is 0 Å². The molecule has 19 heavy (non-hydrogen) atoms. The first-order valence-corrected chi connectivity index (χ1v) is 7.26. The number of hydrogen-bond acceptors (Lipinski definition) is 4. The molecule has 1 aliphatic heterocycles. The fourth-order valence-electron chi connectivity index (χ4n) is 3.12. The monoisotopic (exact) mass is 263 g/mol. The molecular weight excluding hydrogens is 238 g/mol. The van der Waals surface area contributed by atoms with Crippen LogP contribution in [0.1, 0.15) is 44.2 Å². The highest BCUT2D eigenvalue weighted by atomic mass is 16.3. The second-order valence-corrected chi connectivity index (χ2v) is 5.51. The van der Waals surface area contributed by atoms with Gasteiger partial charge in [-0.1, -0.05) is 12.8 Å². The molecule has 1 fully saturated rings. The second-order valence-electron chi connectivity index (χ2n) is 5.51. The molecule has 0 radical (unpaired) electrons. The molecule has 3 atom stereocenters. The minimum Gasteiger partial charge on any atom is -0.395 e. The Morgan fingerprint density at radius 3 is 2.74 bits per heavy atom. The van der Waals surface area contributed by atoms with Crippen LogP contribution in [0.3, 0.4) is 0 Å². The van der Waals surface area contributed by atoms with Gasteiger partial charge in [0.25, 0.3) is 0 Å². The average Bonchev–Trinajstić information content (AvgIpc) is 2.65. The summed E-state index contributed by atoms with van der Waals surface area (Å²) in [5, 5.41) is 9.67. The molecule has 4 heteroatoms. The van der Waals surface area contributed by atoms with Gasteiger partial charge >= 0.3 is 0 Å². The highest BCUT2D eigenvalue weighted by molar-refractivity contribution is 5.17. The molecule has 1 aliphatic rings. The first-order valence-electron chi connectivity index (χ1n) is 7.26. The first-order chi connectivity index (χ1) is 9.24. The molecule has 1 saturated heterocycles. The fraction of sp³-hybridized carbons (Fsp3) is 0.667. The molecule has 106 valence electrons. The van der Waals surface area contributed by atoms with Crippen molar-refractivity contribution in [3.05, 3.63) is 30.1 Å². The summed E-state index contributed by atoms with van der Waals surface area (Å²) in [6, 6.07) is 4.50. The summed E-state index contributed by atoms with van der Waals surface area (Å²) in [4.78, 5) is 6.48. The van der Waals surface area contributed by atoms with Crippen molar-refractivity contribution in [2.45, 2.75) is 50.7 Å². The summed E-state index contributed by atoms with van der Waals surface area (Å²) in [5.74, 6) is 0. The topological polar surface area (TPSA) is 62.4 Å². The van der Waals surface area contributed by atoms with Crippen molar-refractivity contribution >= 4 is 0 Å². The molecule has 2 heterocycles. The van der Waals surface area contributed by atoms with Gasteiger partial charge in [0.1, 0.15) is 0 Å². The van der Waals surface area contributed by atoms with Crippen LogP contribution in [0, 0.1) is 0 Å². The SMILES string of the molecule is CC(N)C(c1ccncc1)N1CCCCCC1CO. The Kier molecular flexibility index (Phi) is 5.31. The third-order valence-electron chi connectivity index (χ3n) is 4.04. The van der Waals surface area contributed by atoms with Crippen LogP contribution in [-0.2, 0) is 0 Å². The average molecular weight is 263 g/mol. The zero-order valence-electron chi connectivity index (χ0n) is 11.7. The van der Waals surface area contributed by atoms with Crippen LogP contribution in [0.15, 0.2) is 24.5 Å². The number of hydrogen-bond donors (Lipinski definition) is 2. The van der Waals surface area contributed by atoms with Gasteiger partial charge in [-0.3, -0.25) is 9.88 Å². The van der Waals surface area contributed by atoms with Crippen molar-refractivity contribution in [1.29, 1.82) is 0 Å². The maximum Gasteiger partial charge on any atom is 0.0587 e. The van der Waals surface area contributed by atoms with Gasteiger partial charge in [-0.15, -0.1) is 0 Å². The third kappa shape index (κ3) is 3.53. The Morgan fingerprint density at radius 2 is 2.11 bits per heavy atom. The lowest BCUT2D eigenvalue weighted by molar-refractivity contribution is 0.0746. The van der Waals surface area contributed by atoms with E-state index in [1.807, 2.05) is 31.5 Å². The third-order valence-corrected chi connectivity index (χ3v) is 4.04. The lowest BCUT2D eigenvalue weighted by Crippen LogP contribution is -2.46. The summed E-state index contributed by atoms with van der Waals surface area (Å²) in [6.07, 6.45) is 8.32. The standard InChI is InChI=1S/C15H25N3O/c1-12(16)15(13-6-8-17-9-7-13)18-10-4-2-3-5-14(18)11-19/h6-9,12,14-15,19H,2-5,10-11,16H2,1H3. The molecule has 0 amide bonds. The van der Waals surface area contributed by atoms with Crippen LogP contribution in [0.5, 0.6) is 0 Å². The van der Waals surface area contributed by atoms with Crippen molar-refractivity contribution in [2.24, 2.45) is 5.73 Å². The van der Waals surface area contributed by atoms with Crippen LogP contribution >= 0.6 is 0 Å². The van der Waals surface area contributed by atoms with Gasteiger partial charge < -0.3 is 10.8 Å². The van der Waals surface area contributed by atoms with Gasteiger partial charge in [0.15, 0.2) is 0 Å². The minimum atomic E-state index is 0.0366. The summed E-state index contributed by atoms with van der Waals surface area (Å²) in [6.45, 7) is 3.28. The molecule has 0 spiro atoms. The second kappa shape index (κ2) is 6.98. The Labute approximate surface area is 115 Å². The summed E-state index contributed by atoms with van der Waals surface area (Å²) < 4.78 is 0. The molecule has 1 aromatic rings. The van der Waals surface area contributed by atoms with E-state index in [1.54, 1.807) is 0 Å². The van der Waals surface area contributed by atoms with Crippen LogP contribution in [0.2, 0.25) is 0 Å². The van der Waals surface area contributed by atoms with E-state index in [0.717, 1.165) is 13.0 Å². The number of likely N-dealkylation sites (tertiary alicyclic amines) is 1. The fourth-order valence-corrected chi connectivity index (χ4v) is 3.12. The van der Waals surface area contributed by atoms with E-state index in [1.165, 1.54) is 24.8 Å². The van der Waals surface area contributed by atoms with E-state index in [9.17, 15) is 5.11 Å². The van der Waals surface area contributed by atoms with Crippen molar-refractivity contribution in [2.75, 3.05) is 13.2 Å². The smallest absolute Gasteiger partial charge is 0.0587 e. The molecule has 0 bridgehead atoms. The zero-order valence-corrected chi connectivity index (χ0v) is 11.7. The Morgan fingerprint density at radius 1 is 1.37 bits per heavy atom. The number of pyridine rings is 1. The maximum absolute atomic E-state index is 9.67. The maximum atomic E-state index is 9.67. The van der Waals surface area contributed by atoms with E-state index in [-0.39, 0.29) is 24.7 Å². The number of aromatic nitrogens is 1. The van der Waals surface area contributed by atoms with Crippen molar-refractivity contribution in [3.63, 3.8) is 0 Å². The first kappa shape index (κ1) is 14.4. The Bertz CT molecular complexity index is 369. The van der Waals surface area contributed by atoms with Crippen LogP contribution < -0.4 is 5.73 Å². The molecule has 3 unspecified atom stereocenters. The lowest BCUT2D eigenvalue weighted by atomic mass is 9.98. The van der Waals surface area contributed by atoms with Crippen LogP contribution in [0.25, 0.3) is 0 Å². The van der Waals surface area contributed by atoms with Gasteiger partial charge in [-0.05, 0) is 44.0 Å². The zero-order chi connectivity index (χ0) is 13.7.